The fourth-order valence-electron chi connectivity index (χ4n) is 6.03. The Kier molecular flexibility index (Phi) is 7.69. The van der Waals surface area contributed by atoms with Crippen LogP contribution in [0.3, 0.4) is 0 Å². The zero-order chi connectivity index (χ0) is 26.3. The molecule has 5 rings (SSSR count). The van der Waals surface area contributed by atoms with E-state index in [-0.39, 0.29) is 0 Å². The van der Waals surface area contributed by atoms with Crippen LogP contribution >= 0.6 is 0 Å². The number of hydrogen-bond acceptors (Lipinski definition) is 10. The number of piperidine rings is 1. The minimum atomic E-state index is -1.65. The van der Waals surface area contributed by atoms with Crippen molar-refractivity contribution in [1.29, 1.82) is 0 Å². The fourth-order valence-corrected chi connectivity index (χ4v) is 6.03. The second-order valence-electron chi connectivity index (χ2n) is 10.4. The van der Waals surface area contributed by atoms with Crippen molar-refractivity contribution >= 4 is 17.0 Å². The van der Waals surface area contributed by atoms with Gasteiger partial charge in [-0.05, 0) is 70.1 Å². The Hall–Kier alpha value is -2.31. The summed E-state index contributed by atoms with van der Waals surface area (Å²) in [5.41, 5.74) is 3.92. The number of carbonyl (C=O) groups is 1. The van der Waals surface area contributed by atoms with Gasteiger partial charge in [0.1, 0.15) is 18.3 Å². The van der Waals surface area contributed by atoms with Gasteiger partial charge in [-0.15, -0.1) is 0 Å². The van der Waals surface area contributed by atoms with Crippen LogP contribution in [-0.2, 0) is 34.2 Å². The molecule has 11 nitrogen and oxygen atoms in total. The largest absolute Gasteiger partial charge is 0.467 e. The molecule has 0 bridgehead atoms. The van der Waals surface area contributed by atoms with Crippen LogP contribution in [0.4, 0.5) is 0 Å². The average molecular weight is 519 g/mol. The molecule has 204 valence electrons. The smallest absolute Gasteiger partial charge is 0.337 e. The highest BCUT2D eigenvalue weighted by molar-refractivity contribution is 5.85. The molecular weight excluding hydrogens is 480 g/mol. The van der Waals surface area contributed by atoms with Gasteiger partial charge in [-0.3, -0.25) is 4.68 Å². The third kappa shape index (κ3) is 4.83. The molecule has 4 heterocycles. The van der Waals surface area contributed by atoms with Gasteiger partial charge >= 0.3 is 5.97 Å². The molecule has 5 atom stereocenters. The Morgan fingerprint density at radius 3 is 2.46 bits per heavy atom. The minimum Gasteiger partial charge on any atom is -0.467 e. The lowest BCUT2D eigenvalue weighted by Gasteiger charge is -2.39. The van der Waals surface area contributed by atoms with Crippen molar-refractivity contribution in [3.63, 3.8) is 0 Å². The van der Waals surface area contributed by atoms with Gasteiger partial charge in [-0.1, -0.05) is 6.92 Å². The molecule has 0 amide bonds. The number of pyridine rings is 1. The molecule has 2 aromatic rings. The first kappa shape index (κ1) is 26.3. The highest BCUT2D eigenvalue weighted by atomic mass is 16.7. The number of aryl methyl sites for hydroxylation is 2. The summed E-state index contributed by atoms with van der Waals surface area (Å²) in [7, 11) is 3.04. The molecule has 1 aliphatic carbocycles. The van der Waals surface area contributed by atoms with Crippen molar-refractivity contribution in [3.8, 4) is 5.88 Å². The molecular formula is C26H38N4O7. The Bertz CT molecular complexity index is 1130. The number of likely N-dealkylation sites (tertiary alicyclic amines) is 1. The van der Waals surface area contributed by atoms with Gasteiger partial charge < -0.3 is 34.4 Å². The number of methoxy groups -OCH3 is 1. The molecule has 0 unspecified atom stereocenters. The van der Waals surface area contributed by atoms with Gasteiger partial charge in [-0.25, -0.2) is 4.79 Å². The van der Waals surface area contributed by atoms with Gasteiger partial charge in [0.25, 0.3) is 0 Å². The molecule has 2 aromatic heterocycles. The van der Waals surface area contributed by atoms with Crippen molar-refractivity contribution in [2.45, 2.75) is 88.5 Å². The highest BCUT2D eigenvalue weighted by Crippen LogP contribution is 2.40. The first-order chi connectivity index (χ1) is 17.8. The van der Waals surface area contributed by atoms with Crippen LogP contribution < -0.4 is 4.74 Å². The van der Waals surface area contributed by atoms with Crippen LogP contribution in [0.1, 0.15) is 61.8 Å². The monoisotopic (exact) mass is 518 g/mol. The van der Waals surface area contributed by atoms with Crippen molar-refractivity contribution in [3.05, 3.63) is 16.8 Å². The Morgan fingerprint density at radius 2 is 1.78 bits per heavy atom. The van der Waals surface area contributed by atoms with Crippen molar-refractivity contribution < 1.29 is 34.3 Å². The second kappa shape index (κ2) is 10.8. The summed E-state index contributed by atoms with van der Waals surface area (Å²) in [6, 6.07) is 0. The molecule has 2 aliphatic heterocycles. The average Bonchev–Trinajstić information content (AvgIpc) is 3.25. The number of fused-ring (bicyclic) bond motifs is 3. The van der Waals surface area contributed by atoms with E-state index in [9.17, 15) is 20.1 Å². The lowest BCUT2D eigenvalue weighted by atomic mass is 9.86. The maximum atomic E-state index is 12.1. The Balaban J connectivity index is 1.49. The van der Waals surface area contributed by atoms with E-state index in [1.807, 2.05) is 7.05 Å². The van der Waals surface area contributed by atoms with Gasteiger partial charge in [0, 0.05) is 23.9 Å². The lowest BCUT2D eigenvalue weighted by molar-refractivity contribution is -0.272. The summed E-state index contributed by atoms with van der Waals surface area (Å²) in [5.74, 6) is -0.193. The van der Waals surface area contributed by atoms with E-state index in [1.54, 1.807) is 4.68 Å². The number of aromatic nitrogens is 3. The maximum absolute atomic E-state index is 12.1. The van der Waals surface area contributed by atoms with Crippen LogP contribution in [0.2, 0.25) is 0 Å². The minimum absolute atomic E-state index is 0.297. The first-order valence-electron chi connectivity index (χ1n) is 13.4. The molecule has 11 heteroatoms. The van der Waals surface area contributed by atoms with Gasteiger partial charge in [0.05, 0.1) is 12.8 Å². The molecule has 3 aliphatic rings. The summed E-state index contributed by atoms with van der Waals surface area (Å²) >= 11 is 0. The van der Waals surface area contributed by atoms with E-state index in [0.717, 1.165) is 88.3 Å². The first-order valence-corrected chi connectivity index (χ1v) is 13.4. The van der Waals surface area contributed by atoms with Gasteiger partial charge in [0.15, 0.2) is 11.8 Å². The molecule has 0 aromatic carbocycles. The fraction of sp³-hybridized carbons (Fsp3) is 0.731. The number of esters is 1. The zero-order valence-electron chi connectivity index (χ0n) is 21.8. The van der Waals surface area contributed by atoms with E-state index in [1.165, 1.54) is 5.56 Å². The summed E-state index contributed by atoms with van der Waals surface area (Å²) in [6.07, 6.45) is -0.830. The molecule has 0 radical (unpaired) electrons. The molecule has 0 spiro atoms. The topological polar surface area (TPSA) is 139 Å². The number of aliphatic hydroxyl groups is 3. The van der Waals surface area contributed by atoms with Crippen molar-refractivity contribution in [2.24, 2.45) is 7.05 Å². The number of ether oxygens (including phenoxy) is 3. The molecule has 37 heavy (non-hydrogen) atoms. The lowest BCUT2D eigenvalue weighted by Crippen LogP contribution is -2.61. The molecule has 3 N–H and O–H groups in total. The molecule has 0 saturated carbocycles. The Morgan fingerprint density at radius 1 is 1.08 bits per heavy atom. The zero-order valence-corrected chi connectivity index (χ0v) is 21.8. The summed E-state index contributed by atoms with van der Waals surface area (Å²) in [4.78, 5) is 19.4. The van der Waals surface area contributed by atoms with Crippen LogP contribution in [0.25, 0.3) is 11.0 Å². The molecule has 2 saturated heterocycles. The van der Waals surface area contributed by atoms with Crippen LogP contribution in [0.5, 0.6) is 5.88 Å². The van der Waals surface area contributed by atoms with Gasteiger partial charge in [-0.2, -0.15) is 10.1 Å². The SMILES string of the molecule is CCCN1CCC(c2nn(C)c3nc(O[C@@H]4O[C@H](C(=O)OC)[C@@H](O)[C@H](O)[C@H]4O)c4c(c23)CCCC4)CC1. The Labute approximate surface area is 216 Å². The number of nitrogens with zero attached hydrogens (tertiary/aromatic N) is 4. The normalized spacial score (nSPS) is 29.3. The molecule has 2 fully saturated rings. The maximum Gasteiger partial charge on any atom is 0.337 e. The standard InChI is InChI=1S/C26H38N4O7/c1-4-11-30-12-9-14(10-13-30)18-17-15-7-5-6-8-16(15)24(27-23(17)29(2)28-18)37-26-21(33)19(31)20(32)22(36-26)25(34)35-3/h14,19-22,26,31-33H,4-13H2,1-3H3/t19-,20-,21+,22-,26-/m0/s1. The third-order valence-electron chi connectivity index (χ3n) is 8.02. The van der Waals surface area contributed by atoms with Crippen LogP contribution in [-0.4, -0.2) is 98.4 Å². The second-order valence-corrected chi connectivity index (χ2v) is 10.4. The van der Waals surface area contributed by atoms with Gasteiger partial charge in [0.2, 0.25) is 12.2 Å². The predicted molar refractivity (Wildman–Crippen MR) is 133 cm³/mol. The van der Waals surface area contributed by atoms with Crippen molar-refractivity contribution in [1.82, 2.24) is 19.7 Å². The summed E-state index contributed by atoms with van der Waals surface area (Å²) in [5, 5.41) is 37.2. The summed E-state index contributed by atoms with van der Waals surface area (Å²) in [6.45, 7) is 5.48. The van der Waals surface area contributed by atoms with Crippen LogP contribution in [0.15, 0.2) is 0 Å². The quantitative estimate of drug-likeness (QED) is 0.471. The van der Waals surface area contributed by atoms with E-state index in [0.29, 0.717) is 17.4 Å². The predicted octanol–water partition coefficient (Wildman–Crippen LogP) is 0.796. The van der Waals surface area contributed by atoms with E-state index in [4.69, 9.17) is 19.6 Å². The third-order valence-corrected chi connectivity index (χ3v) is 8.02. The van der Waals surface area contributed by atoms with Crippen LogP contribution in [0, 0.1) is 0 Å². The van der Waals surface area contributed by atoms with E-state index < -0.39 is 36.7 Å². The number of rotatable bonds is 6. The van der Waals surface area contributed by atoms with E-state index in [2.05, 4.69) is 16.6 Å². The number of hydrogen-bond donors (Lipinski definition) is 3. The number of carbonyl (C=O) groups excluding carboxylic acids is 1. The summed E-state index contributed by atoms with van der Waals surface area (Å²) < 4.78 is 18.1. The highest BCUT2D eigenvalue weighted by Gasteiger charge is 2.49. The number of aliphatic hydroxyl groups excluding tert-OH is 3. The van der Waals surface area contributed by atoms with E-state index >= 15 is 0 Å². The van der Waals surface area contributed by atoms with Crippen molar-refractivity contribution in [2.75, 3.05) is 26.7 Å².